The monoisotopic (exact) mass is 318 g/mol. The molecule has 0 spiro atoms. The van der Waals surface area contributed by atoms with Crippen molar-refractivity contribution >= 4 is 40.6 Å². The molecule has 19 heavy (non-hydrogen) atoms. The summed E-state index contributed by atoms with van der Waals surface area (Å²) in [4.78, 5) is 24.1. The van der Waals surface area contributed by atoms with Crippen molar-refractivity contribution < 1.29 is 4.79 Å². The van der Waals surface area contributed by atoms with Crippen molar-refractivity contribution in [3.8, 4) is 5.69 Å². The zero-order chi connectivity index (χ0) is 14.2. The number of aryl methyl sites for hydroxylation is 1. The van der Waals surface area contributed by atoms with Gasteiger partial charge in [-0.1, -0.05) is 53.0 Å². The van der Waals surface area contributed by atoms with Gasteiger partial charge in [0.2, 0.25) is 5.78 Å². The zero-order valence-electron chi connectivity index (χ0n) is 9.78. The van der Waals surface area contributed by atoms with Gasteiger partial charge in [-0.05, 0) is 19.1 Å². The Kier molecular flexibility index (Phi) is 3.76. The quantitative estimate of drug-likeness (QED) is 0.683. The van der Waals surface area contributed by atoms with E-state index >= 15 is 0 Å². The first-order chi connectivity index (χ1) is 8.82. The third kappa shape index (κ3) is 2.71. The molecule has 0 amide bonds. The standard InChI is InChI=1S/C12H9Cl3N2O2/c1-7-9(10(18)12(13,14)15)11(19)17(16-7)8-5-3-2-4-6-8/h2-6,16H,1H3. The van der Waals surface area contributed by atoms with Gasteiger partial charge < -0.3 is 0 Å². The van der Waals surface area contributed by atoms with E-state index in [1.54, 1.807) is 31.2 Å². The van der Waals surface area contributed by atoms with E-state index in [0.29, 0.717) is 11.4 Å². The van der Waals surface area contributed by atoms with E-state index in [9.17, 15) is 9.59 Å². The normalized spacial score (nSPS) is 11.6. The highest BCUT2D eigenvalue weighted by atomic mass is 35.6. The molecule has 0 saturated heterocycles. The predicted molar refractivity (Wildman–Crippen MR) is 75.7 cm³/mol. The number of benzene rings is 1. The number of aromatic amines is 1. The van der Waals surface area contributed by atoms with E-state index in [1.807, 2.05) is 6.07 Å². The molecule has 0 fully saturated rings. The molecular weight excluding hydrogens is 311 g/mol. The number of aromatic nitrogens is 2. The molecule has 0 atom stereocenters. The third-order valence-corrected chi connectivity index (χ3v) is 3.09. The lowest BCUT2D eigenvalue weighted by Gasteiger charge is -2.06. The summed E-state index contributed by atoms with van der Waals surface area (Å²) >= 11 is 16.6. The largest absolute Gasteiger partial charge is 0.295 e. The number of nitrogens with one attached hydrogen (secondary N) is 1. The minimum Gasteiger partial charge on any atom is -0.295 e. The lowest BCUT2D eigenvalue weighted by atomic mass is 10.2. The second kappa shape index (κ2) is 5.04. The summed E-state index contributed by atoms with van der Waals surface area (Å²) in [5.41, 5.74) is 0.257. The number of para-hydroxylation sites is 1. The van der Waals surface area contributed by atoms with E-state index < -0.39 is 15.1 Å². The second-order valence-electron chi connectivity index (χ2n) is 3.91. The Labute approximate surface area is 123 Å². The van der Waals surface area contributed by atoms with Gasteiger partial charge >= 0.3 is 0 Å². The molecule has 0 radical (unpaired) electrons. The Morgan fingerprint density at radius 2 is 1.79 bits per heavy atom. The number of carbonyl (C=O) groups excluding carboxylic acids is 1. The number of hydrogen-bond acceptors (Lipinski definition) is 2. The summed E-state index contributed by atoms with van der Waals surface area (Å²) in [6.07, 6.45) is 0. The van der Waals surface area contributed by atoms with Crippen molar-refractivity contribution in [2.75, 3.05) is 0 Å². The van der Waals surface area contributed by atoms with Gasteiger partial charge in [0.25, 0.3) is 9.35 Å². The number of H-pyrrole nitrogens is 1. The molecule has 2 rings (SSSR count). The van der Waals surface area contributed by atoms with Gasteiger partial charge in [0, 0.05) is 5.69 Å². The Morgan fingerprint density at radius 3 is 2.32 bits per heavy atom. The van der Waals surface area contributed by atoms with Crippen molar-refractivity contribution in [3.05, 3.63) is 51.9 Å². The van der Waals surface area contributed by atoms with Crippen molar-refractivity contribution in [2.24, 2.45) is 0 Å². The lowest BCUT2D eigenvalue weighted by molar-refractivity contribution is 0.0995. The van der Waals surface area contributed by atoms with Crippen LogP contribution in [0, 0.1) is 6.92 Å². The first kappa shape index (κ1) is 14.2. The van der Waals surface area contributed by atoms with Crippen LogP contribution in [0.2, 0.25) is 0 Å². The minimum absolute atomic E-state index is 0.149. The third-order valence-electron chi connectivity index (χ3n) is 2.57. The summed E-state index contributed by atoms with van der Waals surface area (Å²) in [6, 6.07) is 8.81. The minimum atomic E-state index is -2.15. The number of hydrogen-bond donors (Lipinski definition) is 1. The van der Waals surface area contributed by atoms with Gasteiger partial charge in [-0.25, -0.2) is 4.68 Å². The summed E-state index contributed by atoms with van der Waals surface area (Å²) in [5, 5.41) is 2.79. The Morgan fingerprint density at radius 1 is 1.21 bits per heavy atom. The van der Waals surface area contributed by atoms with Crippen LogP contribution in [0.15, 0.2) is 35.1 Å². The van der Waals surface area contributed by atoms with E-state index in [-0.39, 0.29) is 5.56 Å². The molecule has 1 N–H and O–H groups in total. The molecule has 1 heterocycles. The van der Waals surface area contributed by atoms with Crippen LogP contribution in [0.4, 0.5) is 0 Å². The lowest BCUT2D eigenvalue weighted by Crippen LogP contribution is -2.27. The van der Waals surface area contributed by atoms with Gasteiger partial charge in [0.15, 0.2) is 0 Å². The second-order valence-corrected chi connectivity index (χ2v) is 6.20. The van der Waals surface area contributed by atoms with Crippen LogP contribution in [0.1, 0.15) is 16.1 Å². The summed E-state index contributed by atoms with van der Waals surface area (Å²) < 4.78 is -0.917. The Hall–Kier alpha value is -1.23. The van der Waals surface area contributed by atoms with Gasteiger partial charge in [-0.15, -0.1) is 0 Å². The van der Waals surface area contributed by atoms with Crippen molar-refractivity contribution in [3.63, 3.8) is 0 Å². The van der Waals surface area contributed by atoms with Crippen LogP contribution in [0.25, 0.3) is 5.69 Å². The highest BCUT2D eigenvalue weighted by Gasteiger charge is 2.36. The van der Waals surface area contributed by atoms with Crippen LogP contribution < -0.4 is 5.56 Å². The summed E-state index contributed by atoms with van der Waals surface area (Å²) in [7, 11) is 0. The first-order valence-electron chi connectivity index (χ1n) is 5.31. The van der Waals surface area contributed by atoms with Gasteiger partial charge in [0.1, 0.15) is 5.56 Å². The number of Topliss-reactive ketones (excluding diaryl/α,β-unsaturated/α-hetero) is 1. The highest BCUT2D eigenvalue weighted by molar-refractivity contribution is 6.77. The topological polar surface area (TPSA) is 54.9 Å². The molecule has 1 aromatic carbocycles. The maximum absolute atomic E-state index is 12.2. The average molecular weight is 320 g/mol. The molecule has 0 aliphatic heterocycles. The summed E-state index contributed by atoms with van der Waals surface area (Å²) in [5.74, 6) is -0.842. The van der Waals surface area contributed by atoms with Crippen LogP contribution in [-0.2, 0) is 0 Å². The molecular formula is C12H9Cl3N2O2. The number of ketones is 1. The first-order valence-corrected chi connectivity index (χ1v) is 6.44. The number of carbonyl (C=O) groups is 1. The van der Waals surface area contributed by atoms with E-state index in [1.165, 1.54) is 4.68 Å². The van der Waals surface area contributed by atoms with E-state index in [4.69, 9.17) is 34.8 Å². The number of nitrogens with zero attached hydrogens (tertiary/aromatic N) is 1. The van der Waals surface area contributed by atoms with E-state index in [2.05, 4.69) is 5.10 Å². The Balaban J connectivity index is 2.60. The zero-order valence-corrected chi connectivity index (χ0v) is 12.1. The smallest absolute Gasteiger partial charge is 0.282 e. The summed E-state index contributed by atoms with van der Waals surface area (Å²) in [6.45, 7) is 1.57. The van der Waals surface area contributed by atoms with Gasteiger partial charge in [0.05, 0.1) is 5.69 Å². The molecule has 0 saturated carbocycles. The van der Waals surface area contributed by atoms with Crippen LogP contribution >= 0.6 is 34.8 Å². The molecule has 0 unspecified atom stereocenters. The maximum atomic E-state index is 12.2. The highest BCUT2D eigenvalue weighted by Crippen LogP contribution is 2.30. The fourth-order valence-corrected chi connectivity index (χ4v) is 2.00. The Bertz CT molecular complexity index is 669. The van der Waals surface area contributed by atoms with Crippen LogP contribution in [-0.4, -0.2) is 19.4 Å². The number of halogens is 3. The fourth-order valence-electron chi connectivity index (χ4n) is 1.71. The molecule has 2 aromatic rings. The molecule has 1 aromatic heterocycles. The number of rotatable bonds is 2. The van der Waals surface area contributed by atoms with Gasteiger partial charge in [-0.3, -0.25) is 14.7 Å². The fraction of sp³-hybridized carbons (Fsp3) is 0.167. The molecule has 7 heteroatoms. The van der Waals surface area contributed by atoms with Crippen LogP contribution in [0.3, 0.4) is 0 Å². The molecule has 0 bridgehead atoms. The SMILES string of the molecule is Cc1[nH]n(-c2ccccc2)c(=O)c1C(=O)C(Cl)(Cl)Cl. The average Bonchev–Trinajstić information content (AvgIpc) is 2.64. The van der Waals surface area contributed by atoms with E-state index in [0.717, 1.165) is 0 Å². The van der Waals surface area contributed by atoms with Gasteiger partial charge in [-0.2, -0.15) is 0 Å². The molecule has 0 aliphatic rings. The van der Waals surface area contributed by atoms with Crippen molar-refractivity contribution in [1.29, 1.82) is 0 Å². The molecule has 0 aliphatic carbocycles. The van der Waals surface area contributed by atoms with Crippen molar-refractivity contribution in [2.45, 2.75) is 10.7 Å². The molecule has 100 valence electrons. The molecule has 4 nitrogen and oxygen atoms in total. The van der Waals surface area contributed by atoms with Crippen molar-refractivity contribution in [1.82, 2.24) is 9.78 Å². The number of alkyl halides is 3. The predicted octanol–water partition coefficient (Wildman–Crippen LogP) is 3.03. The van der Waals surface area contributed by atoms with Crippen LogP contribution in [0.5, 0.6) is 0 Å². The maximum Gasteiger partial charge on any atom is 0.282 e.